The highest BCUT2D eigenvalue weighted by Gasteiger charge is 2.38. The van der Waals surface area contributed by atoms with E-state index in [2.05, 4.69) is 4.98 Å². The van der Waals surface area contributed by atoms with E-state index < -0.39 is 18.1 Å². The van der Waals surface area contributed by atoms with Gasteiger partial charge in [-0.25, -0.2) is 9.78 Å². The number of carboxylic acid groups (broad SMARTS) is 1. The van der Waals surface area contributed by atoms with Crippen molar-refractivity contribution in [2.45, 2.75) is 13.1 Å². The van der Waals surface area contributed by atoms with E-state index in [9.17, 15) is 22.8 Å². The van der Waals surface area contributed by atoms with Gasteiger partial charge in [-0.05, 0) is 18.6 Å². The first-order valence-corrected chi connectivity index (χ1v) is 4.30. The van der Waals surface area contributed by atoms with Gasteiger partial charge >= 0.3 is 18.1 Å². The number of halogens is 3. The average Bonchev–Trinajstić information content (AvgIpc) is 2.15. The number of hydrogen-bond acceptors (Lipinski definition) is 3. The van der Waals surface area contributed by atoms with Crippen LogP contribution in [0.4, 0.5) is 18.9 Å². The van der Waals surface area contributed by atoms with E-state index in [4.69, 9.17) is 5.11 Å². The van der Waals surface area contributed by atoms with Crippen LogP contribution in [-0.2, 0) is 4.79 Å². The fourth-order valence-electron chi connectivity index (χ4n) is 1.07. The third-order valence-electron chi connectivity index (χ3n) is 1.80. The fourth-order valence-corrected chi connectivity index (χ4v) is 1.07. The molecule has 0 aliphatic heterocycles. The number of aromatic carboxylic acids is 1. The molecule has 0 spiro atoms. The summed E-state index contributed by atoms with van der Waals surface area (Å²) in [6.07, 6.45) is -4.15. The van der Waals surface area contributed by atoms with Crippen molar-refractivity contribution in [1.29, 1.82) is 0 Å². The van der Waals surface area contributed by atoms with Crippen LogP contribution in [0.5, 0.6) is 0 Å². The van der Waals surface area contributed by atoms with Crippen molar-refractivity contribution in [3.05, 3.63) is 23.5 Å². The Morgan fingerprint density at radius 2 is 2.00 bits per heavy atom. The maximum Gasteiger partial charge on any atom is 0.471 e. The van der Waals surface area contributed by atoms with Crippen LogP contribution in [0.15, 0.2) is 12.3 Å². The minimum atomic E-state index is -5.00. The predicted octanol–water partition coefficient (Wildman–Crippen LogP) is 1.59. The standard InChI is InChI=1S/C9H7F3N2O3/c1-4-2-5(3-13-6(4)7(15)16)14-8(17)9(10,11)12/h2-3H,1H3,(H,14,17)(H,15,16). The molecule has 0 saturated carbocycles. The van der Waals surface area contributed by atoms with E-state index in [1.54, 1.807) is 5.32 Å². The number of carbonyl (C=O) groups is 2. The zero-order chi connectivity index (χ0) is 13.2. The zero-order valence-electron chi connectivity index (χ0n) is 8.50. The van der Waals surface area contributed by atoms with Crippen LogP contribution in [0.3, 0.4) is 0 Å². The van der Waals surface area contributed by atoms with E-state index >= 15 is 0 Å². The van der Waals surface area contributed by atoms with E-state index in [1.165, 1.54) is 6.92 Å². The number of aryl methyl sites for hydroxylation is 1. The monoisotopic (exact) mass is 248 g/mol. The third-order valence-corrected chi connectivity index (χ3v) is 1.80. The minimum Gasteiger partial charge on any atom is -0.477 e. The number of rotatable bonds is 2. The Balaban J connectivity index is 2.92. The average molecular weight is 248 g/mol. The fraction of sp³-hybridized carbons (Fsp3) is 0.222. The second kappa shape index (κ2) is 4.40. The van der Waals surface area contributed by atoms with Gasteiger partial charge in [-0.1, -0.05) is 0 Å². The number of pyridine rings is 1. The molecule has 1 amide bonds. The van der Waals surface area contributed by atoms with Crippen molar-refractivity contribution < 1.29 is 27.9 Å². The molecule has 8 heteroatoms. The number of hydrogen-bond donors (Lipinski definition) is 2. The molecule has 0 atom stereocenters. The number of amides is 1. The number of nitrogens with zero attached hydrogens (tertiary/aromatic N) is 1. The normalized spacial score (nSPS) is 11.1. The maximum atomic E-state index is 11.9. The molecule has 0 fully saturated rings. The topological polar surface area (TPSA) is 79.3 Å². The van der Waals surface area contributed by atoms with E-state index in [0.29, 0.717) is 0 Å². The number of nitrogens with one attached hydrogen (secondary N) is 1. The SMILES string of the molecule is Cc1cc(NC(=O)C(F)(F)F)cnc1C(=O)O. The van der Waals surface area contributed by atoms with Gasteiger partial charge in [-0.3, -0.25) is 4.79 Å². The first-order valence-electron chi connectivity index (χ1n) is 4.30. The van der Waals surface area contributed by atoms with E-state index in [0.717, 1.165) is 12.3 Å². The van der Waals surface area contributed by atoms with Crippen molar-refractivity contribution in [2.75, 3.05) is 5.32 Å². The predicted molar refractivity (Wildman–Crippen MR) is 50.6 cm³/mol. The highest BCUT2D eigenvalue weighted by atomic mass is 19.4. The lowest BCUT2D eigenvalue weighted by molar-refractivity contribution is -0.167. The smallest absolute Gasteiger partial charge is 0.471 e. The van der Waals surface area contributed by atoms with Gasteiger partial charge in [-0.2, -0.15) is 13.2 Å². The first kappa shape index (κ1) is 12.9. The van der Waals surface area contributed by atoms with Crippen molar-refractivity contribution in [3.8, 4) is 0 Å². The minimum absolute atomic E-state index is 0.150. The molecule has 0 radical (unpaired) electrons. The van der Waals surface area contributed by atoms with Gasteiger partial charge in [0.05, 0.1) is 11.9 Å². The van der Waals surface area contributed by atoms with Crippen LogP contribution in [0, 0.1) is 6.92 Å². The highest BCUT2D eigenvalue weighted by Crippen LogP contribution is 2.19. The van der Waals surface area contributed by atoms with Gasteiger partial charge in [0.2, 0.25) is 0 Å². The summed E-state index contributed by atoms with van der Waals surface area (Å²) in [6, 6.07) is 1.10. The van der Waals surface area contributed by atoms with Gasteiger partial charge in [0.15, 0.2) is 5.69 Å². The molecular formula is C9H7F3N2O3. The molecule has 0 aliphatic rings. The van der Waals surface area contributed by atoms with Gasteiger partial charge in [0.25, 0.3) is 0 Å². The van der Waals surface area contributed by atoms with Crippen molar-refractivity contribution in [2.24, 2.45) is 0 Å². The van der Waals surface area contributed by atoms with Crippen molar-refractivity contribution >= 4 is 17.6 Å². The van der Waals surface area contributed by atoms with Gasteiger partial charge < -0.3 is 10.4 Å². The van der Waals surface area contributed by atoms with Crippen LogP contribution in [0.25, 0.3) is 0 Å². The summed E-state index contributed by atoms with van der Waals surface area (Å²) in [5.41, 5.74) is -0.345. The number of aromatic nitrogens is 1. The first-order chi connectivity index (χ1) is 7.71. The summed E-state index contributed by atoms with van der Waals surface area (Å²) in [5.74, 6) is -3.43. The van der Waals surface area contributed by atoms with Crippen LogP contribution in [0.1, 0.15) is 16.1 Å². The number of carboxylic acids is 1. The molecule has 0 saturated heterocycles. The lowest BCUT2D eigenvalue weighted by Gasteiger charge is -2.08. The third kappa shape index (κ3) is 3.16. The van der Waals surface area contributed by atoms with E-state index in [-0.39, 0.29) is 16.9 Å². The molecule has 0 unspecified atom stereocenters. The Kier molecular flexibility index (Phi) is 3.35. The summed E-state index contributed by atoms with van der Waals surface area (Å²) in [5, 5.41) is 10.2. The Hall–Kier alpha value is -2.12. The van der Waals surface area contributed by atoms with Crippen molar-refractivity contribution in [1.82, 2.24) is 4.98 Å². The highest BCUT2D eigenvalue weighted by molar-refractivity contribution is 5.95. The summed E-state index contributed by atoms with van der Waals surface area (Å²) >= 11 is 0. The van der Waals surface area contributed by atoms with Gasteiger partial charge in [-0.15, -0.1) is 0 Å². The Bertz CT molecular complexity index is 471. The summed E-state index contributed by atoms with van der Waals surface area (Å²) in [4.78, 5) is 24.6. The molecule has 1 aromatic heterocycles. The lowest BCUT2D eigenvalue weighted by Crippen LogP contribution is -2.30. The quantitative estimate of drug-likeness (QED) is 0.832. The van der Waals surface area contributed by atoms with Crippen LogP contribution in [-0.4, -0.2) is 28.1 Å². The molecule has 17 heavy (non-hydrogen) atoms. The second-order valence-corrected chi connectivity index (χ2v) is 3.15. The van der Waals surface area contributed by atoms with Crippen LogP contribution in [0.2, 0.25) is 0 Å². The van der Waals surface area contributed by atoms with Gasteiger partial charge in [0.1, 0.15) is 0 Å². The summed E-state index contributed by atoms with van der Waals surface area (Å²) in [7, 11) is 0. The number of carbonyl (C=O) groups excluding carboxylic acids is 1. The molecule has 0 aromatic carbocycles. The van der Waals surface area contributed by atoms with Gasteiger partial charge in [0, 0.05) is 0 Å². The molecule has 0 aliphatic carbocycles. The molecule has 92 valence electrons. The molecule has 5 nitrogen and oxygen atoms in total. The molecule has 1 heterocycles. The molecule has 0 bridgehead atoms. The van der Waals surface area contributed by atoms with Crippen molar-refractivity contribution in [3.63, 3.8) is 0 Å². The maximum absolute atomic E-state index is 11.9. The van der Waals surface area contributed by atoms with Crippen LogP contribution < -0.4 is 5.32 Å². The second-order valence-electron chi connectivity index (χ2n) is 3.15. The molecule has 1 rings (SSSR count). The zero-order valence-corrected chi connectivity index (χ0v) is 8.50. The molecular weight excluding hydrogens is 241 g/mol. The Labute approximate surface area is 93.3 Å². The Morgan fingerprint density at radius 3 is 2.41 bits per heavy atom. The Morgan fingerprint density at radius 1 is 1.41 bits per heavy atom. The molecule has 1 aromatic rings. The lowest BCUT2D eigenvalue weighted by atomic mass is 10.2. The largest absolute Gasteiger partial charge is 0.477 e. The molecule has 2 N–H and O–H groups in total. The number of anilines is 1. The number of alkyl halides is 3. The summed E-state index contributed by atoms with van der Waals surface area (Å²) < 4.78 is 35.7. The van der Waals surface area contributed by atoms with Crippen LogP contribution >= 0.6 is 0 Å². The van der Waals surface area contributed by atoms with E-state index in [1.807, 2.05) is 0 Å². The summed E-state index contributed by atoms with van der Waals surface area (Å²) in [6.45, 7) is 1.36.